The van der Waals surface area contributed by atoms with E-state index in [9.17, 15) is 0 Å². The minimum absolute atomic E-state index is 0.196. The van der Waals surface area contributed by atoms with Gasteiger partial charge in [-0.2, -0.15) is 0 Å². The van der Waals surface area contributed by atoms with Crippen LogP contribution in [0.1, 0.15) is 71.3 Å². The summed E-state index contributed by atoms with van der Waals surface area (Å²) in [5.74, 6) is 0.661. The summed E-state index contributed by atoms with van der Waals surface area (Å²) in [6, 6.07) is 6.69. The first-order valence-corrected chi connectivity index (χ1v) is 11.0. The number of nitrogens with one attached hydrogen (secondary N) is 1. The van der Waals surface area contributed by atoms with Gasteiger partial charge in [0.15, 0.2) is 0 Å². The Morgan fingerprint density at radius 2 is 1.85 bits per heavy atom. The summed E-state index contributed by atoms with van der Waals surface area (Å²) in [7, 11) is 0. The molecule has 1 fully saturated rings. The molecule has 1 aromatic rings. The molecule has 0 bridgehead atoms. The highest BCUT2D eigenvalue weighted by atomic mass is 35.5. The summed E-state index contributed by atoms with van der Waals surface area (Å²) in [5.41, 5.74) is 1.54. The van der Waals surface area contributed by atoms with Gasteiger partial charge in [-0.15, -0.1) is 0 Å². The van der Waals surface area contributed by atoms with Gasteiger partial charge in [0.05, 0.1) is 10.0 Å². The van der Waals surface area contributed by atoms with Crippen LogP contribution in [0.3, 0.4) is 0 Å². The third-order valence-electron chi connectivity index (χ3n) is 5.61. The van der Waals surface area contributed by atoms with Crippen molar-refractivity contribution in [3.8, 4) is 0 Å². The van der Waals surface area contributed by atoms with Crippen LogP contribution in [0.4, 0.5) is 0 Å². The molecule has 1 aliphatic rings. The van der Waals surface area contributed by atoms with E-state index in [1.165, 1.54) is 37.7 Å². The van der Waals surface area contributed by atoms with E-state index in [1.54, 1.807) is 0 Å². The van der Waals surface area contributed by atoms with Crippen molar-refractivity contribution in [1.82, 2.24) is 5.32 Å². The van der Waals surface area contributed by atoms with Crippen LogP contribution in [0.25, 0.3) is 0 Å². The molecule has 0 amide bonds. The summed E-state index contributed by atoms with van der Waals surface area (Å²) in [6.45, 7) is 9.56. The van der Waals surface area contributed by atoms with Crippen molar-refractivity contribution in [3.63, 3.8) is 0 Å². The minimum atomic E-state index is 0.196. The summed E-state index contributed by atoms with van der Waals surface area (Å²) in [4.78, 5) is 0. The molecule has 1 saturated carbocycles. The predicted octanol–water partition coefficient (Wildman–Crippen LogP) is 6.63. The Kier molecular flexibility index (Phi) is 9.23. The fourth-order valence-electron chi connectivity index (χ4n) is 3.98. The Balaban J connectivity index is 2.00. The van der Waals surface area contributed by atoms with Crippen molar-refractivity contribution in [2.24, 2.45) is 5.92 Å². The molecule has 4 heteroatoms. The summed E-state index contributed by atoms with van der Waals surface area (Å²) in [5, 5.41) is 5.17. The van der Waals surface area contributed by atoms with Crippen LogP contribution in [-0.4, -0.2) is 25.8 Å². The molecular weight excluding hydrogens is 365 g/mol. The fourth-order valence-corrected chi connectivity index (χ4v) is 4.27. The van der Waals surface area contributed by atoms with Crippen LogP contribution in [0, 0.1) is 5.92 Å². The molecule has 0 radical (unpaired) electrons. The van der Waals surface area contributed by atoms with Crippen LogP contribution in [0.2, 0.25) is 10.0 Å². The molecule has 1 aliphatic carbocycles. The molecule has 0 spiro atoms. The van der Waals surface area contributed by atoms with Gasteiger partial charge in [-0.05, 0) is 62.3 Å². The second-order valence-corrected chi connectivity index (χ2v) is 8.91. The average molecular weight is 400 g/mol. The molecule has 2 nitrogen and oxygen atoms in total. The molecule has 1 aromatic carbocycles. The van der Waals surface area contributed by atoms with E-state index in [0.29, 0.717) is 22.0 Å². The number of halogens is 2. The molecule has 0 unspecified atom stereocenters. The zero-order valence-electron chi connectivity index (χ0n) is 16.6. The monoisotopic (exact) mass is 399 g/mol. The Labute approximate surface area is 170 Å². The summed E-state index contributed by atoms with van der Waals surface area (Å²) in [6.07, 6.45) is 8.33. The van der Waals surface area contributed by atoms with Crippen molar-refractivity contribution >= 4 is 23.2 Å². The lowest BCUT2D eigenvalue weighted by atomic mass is 9.59. The number of rotatable bonds is 12. The number of ether oxygens (including phenoxy) is 1. The number of hydrogen-bond acceptors (Lipinski definition) is 2. The standard InChI is InChI=1S/C22H35Cl2NO/c1-4-5-13-26-14-7-12-25-21(15-17(2)3)22(10-6-11-22)18-8-9-19(23)20(24)16-18/h8-9,16-17,21,25H,4-7,10-15H2,1-3H3/t21-/m0/s1. The van der Waals surface area contributed by atoms with E-state index < -0.39 is 0 Å². The van der Waals surface area contributed by atoms with Crippen molar-refractivity contribution in [2.45, 2.75) is 77.2 Å². The average Bonchev–Trinajstić information content (AvgIpc) is 2.55. The number of benzene rings is 1. The molecule has 26 heavy (non-hydrogen) atoms. The number of unbranched alkanes of at least 4 members (excludes halogenated alkanes) is 1. The van der Waals surface area contributed by atoms with Gasteiger partial charge in [-0.1, -0.05) is 62.9 Å². The van der Waals surface area contributed by atoms with E-state index >= 15 is 0 Å². The Morgan fingerprint density at radius 3 is 2.42 bits per heavy atom. The van der Waals surface area contributed by atoms with Gasteiger partial charge in [-0.3, -0.25) is 0 Å². The SMILES string of the molecule is CCCCOCCCN[C@@H](CC(C)C)C1(c2ccc(Cl)c(Cl)c2)CCC1. The van der Waals surface area contributed by atoms with Gasteiger partial charge in [-0.25, -0.2) is 0 Å². The largest absolute Gasteiger partial charge is 0.381 e. The van der Waals surface area contributed by atoms with E-state index in [2.05, 4.69) is 38.2 Å². The van der Waals surface area contributed by atoms with Crippen LogP contribution < -0.4 is 5.32 Å². The van der Waals surface area contributed by atoms with E-state index in [4.69, 9.17) is 27.9 Å². The lowest BCUT2D eigenvalue weighted by Gasteiger charge is -2.49. The zero-order chi connectivity index (χ0) is 19.0. The van der Waals surface area contributed by atoms with E-state index in [0.717, 1.165) is 32.6 Å². The predicted molar refractivity (Wildman–Crippen MR) is 114 cm³/mol. The van der Waals surface area contributed by atoms with Gasteiger partial charge >= 0.3 is 0 Å². The molecule has 2 rings (SSSR count). The van der Waals surface area contributed by atoms with Crippen molar-refractivity contribution in [2.75, 3.05) is 19.8 Å². The maximum Gasteiger partial charge on any atom is 0.0595 e. The molecule has 0 heterocycles. The number of hydrogen-bond donors (Lipinski definition) is 1. The normalized spacial score (nSPS) is 17.3. The highest BCUT2D eigenvalue weighted by Gasteiger charge is 2.45. The first-order valence-electron chi connectivity index (χ1n) is 10.3. The van der Waals surface area contributed by atoms with Gasteiger partial charge in [0.1, 0.15) is 0 Å². The van der Waals surface area contributed by atoms with Gasteiger partial charge in [0.2, 0.25) is 0 Å². The lowest BCUT2D eigenvalue weighted by Crippen LogP contribution is -2.53. The van der Waals surface area contributed by atoms with E-state index in [1.807, 2.05) is 6.07 Å². The third-order valence-corrected chi connectivity index (χ3v) is 6.35. The molecule has 0 saturated heterocycles. The highest BCUT2D eigenvalue weighted by Crippen LogP contribution is 2.49. The van der Waals surface area contributed by atoms with Crippen LogP contribution in [0.15, 0.2) is 18.2 Å². The summed E-state index contributed by atoms with van der Waals surface area (Å²) >= 11 is 12.5. The van der Waals surface area contributed by atoms with Crippen LogP contribution >= 0.6 is 23.2 Å². The third kappa shape index (κ3) is 5.86. The van der Waals surface area contributed by atoms with Crippen molar-refractivity contribution < 1.29 is 4.74 Å². The molecule has 0 aromatic heterocycles. The second-order valence-electron chi connectivity index (χ2n) is 8.09. The molecular formula is C22H35Cl2NO. The Morgan fingerprint density at radius 1 is 1.12 bits per heavy atom. The molecule has 1 atom stereocenters. The smallest absolute Gasteiger partial charge is 0.0595 e. The van der Waals surface area contributed by atoms with Crippen molar-refractivity contribution in [3.05, 3.63) is 33.8 Å². The van der Waals surface area contributed by atoms with Gasteiger partial charge in [0.25, 0.3) is 0 Å². The lowest BCUT2D eigenvalue weighted by molar-refractivity contribution is 0.120. The Bertz CT molecular complexity index is 543. The molecule has 1 N–H and O–H groups in total. The van der Waals surface area contributed by atoms with Crippen LogP contribution in [0.5, 0.6) is 0 Å². The first-order chi connectivity index (χ1) is 12.5. The molecule has 148 valence electrons. The van der Waals surface area contributed by atoms with Crippen molar-refractivity contribution in [1.29, 1.82) is 0 Å². The quantitative estimate of drug-likeness (QED) is 0.398. The minimum Gasteiger partial charge on any atom is -0.381 e. The first kappa shape index (κ1) is 22.0. The van der Waals surface area contributed by atoms with Gasteiger partial charge in [0, 0.05) is 24.7 Å². The second kappa shape index (κ2) is 10.9. The van der Waals surface area contributed by atoms with Crippen LogP contribution in [-0.2, 0) is 10.2 Å². The maximum absolute atomic E-state index is 6.33. The maximum atomic E-state index is 6.33. The topological polar surface area (TPSA) is 21.3 Å². The fraction of sp³-hybridized carbons (Fsp3) is 0.727. The van der Waals surface area contributed by atoms with E-state index in [-0.39, 0.29) is 5.41 Å². The Hall–Kier alpha value is -0.280. The summed E-state index contributed by atoms with van der Waals surface area (Å²) < 4.78 is 5.70. The van der Waals surface area contributed by atoms with Gasteiger partial charge < -0.3 is 10.1 Å². The molecule has 0 aliphatic heterocycles. The zero-order valence-corrected chi connectivity index (χ0v) is 18.1. The highest BCUT2D eigenvalue weighted by molar-refractivity contribution is 6.42.